The predicted octanol–water partition coefficient (Wildman–Crippen LogP) is 2.38. The lowest BCUT2D eigenvalue weighted by Crippen LogP contribution is -2.15. The van der Waals surface area contributed by atoms with Crippen LogP contribution in [0.3, 0.4) is 0 Å². The van der Waals surface area contributed by atoms with Crippen molar-refractivity contribution in [2.75, 3.05) is 0 Å². The minimum atomic E-state index is -0.306. The number of aromatic amines is 1. The number of fused-ring (bicyclic) bond motifs is 1. The molecule has 0 fully saturated rings. The summed E-state index contributed by atoms with van der Waals surface area (Å²) >= 11 is 0. The molecule has 4 heteroatoms. The number of ketones is 1. The van der Waals surface area contributed by atoms with Gasteiger partial charge in [0, 0.05) is 23.5 Å². The largest absolute Gasteiger partial charge is 0.360 e. The third-order valence-corrected chi connectivity index (χ3v) is 2.79. The van der Waals surface area contributed by atoms with Crippen LogP contribution < -0.4 is 5.43 Å². The predicted molar refractivity (Wildman–Crippen MR) is 68.5 cm³/mol. The highest BCUT2D eigenvalue weighted by Gasteiger charge is 2.12. The van der Waals surface area contributed by atoms with E-state index in [2.05, 4.69) is 4.98 Å². The van der Waals surface area contributed by atoms with E-state index >= 15 is 0 Å². The van der Waals surface area contributed by atoms with E-state index in [9.17, 15) is 9.59 Å². The van der Waals surface area contributed by atoms with E-state index in [4.69, 9.17) is 5.26 Å². The first-order valence-electron chi connectivity index (χ1n) is 5.76. The van der Waals surface area contributed by atoms with E-state index < -0.39 is 0 Å². The van der Waals surface area contributed by atoms with Gasteiger partial charge in [-0.25, -0.2) is 0 Å². The van der Waals surface area contributed by atoms with Crippen LogP contribution in [0.1, 0.15) is 35.7 Å². The molecule has 1 aromatic heterocycles. The summed E-state index contributed by atoms with van der Waals surface area (Å²) in [6.45, 7) is 1.89. The number of carbonyl (C=O) groups is 1. The second-order valence-electron chi connectivity index (χ2n) is 4.08. The fourth-order valence-electron chi connectivity index (χ4n) is 1.86. The number of nitriles is 1. The zero-order valence-corrected chi connectivity index (χ0v) is 9.99. The third kappa shape index (κ3) is 2.03. The van der Waals surface area contributed by atoms with Gasteiger partial charge in [-0.05, 0) is 24.6 Å². The lowest BCUT2D eigenvalue weighted by Gasteiger charge is -2.02. The van der Waals surface area contributed by atoms with Crippen LogP contribution in [0, 0.1) is 11.3 Å². The smallest absolute Gasteiger partial charge is 0.200 e. The number of benzene rings is 1. The van der Waals surface area contributed by atoms with Crippen LogP contribution in [0.5, 0.6) is 0 Å². The van der Waals surface area contributed by atoms with Crippen molar-refractivity contribution in [3.8, 4) is 6.07 Å². The molecule has 2 rings (SSSR count). The minimum Gasteiger partial charge on any atom is -0.360 e. The fourth-order valence-corrected chi connectivity index (χ4v) is 1.86. The average Bonchev–Trinajstić information content (AvgIpc) is 2.39. The maximum absolute atomic E-state index is 12.2. The molecule has 0 aliphatic heterocycles. The summed E-state index contributed by atoms with van der Waals surface area (Å²) in [6, 6.07) is 6.79. The molecule has 4 nitrogen and oxygen atoms in total. The number of rotatable bonds is 3. The Bertz CT molecular complexity index is 708. The van der Waals surface area contributed by atoms with Crippen molar-refractivity contribution in [1.82, 2.24) is 4.98 Å². The normalized spacial score (nSPS) is 10.2. The van der Waals surface area contributed by atoms with Crippen molar-refractivity contribution in [2.24, 2.45) is 0 Å². The van der Waals surface area contributed by atoms with Crippen LogP contribution in [0.15, 0.2) is 29.2 Å². The lowest BCUT2D eigenvalue weighted by atomic mass is 10.0. The number of Topliss-reactive ketones (excluding diaryl/α,β-unsaturated/α-hetero) is 1. The van der Waals surface area contributed by atoms with Gasteiger partial charge in [-0.3, -0.25) is 9.59 Å². The summed E-state index contributed by atoms with van der Waals surface area (Å²) in [5.74, 6) is -0.164. The summed E-state index contributed by atoms with van der Waals surface area (Å²) < 4.78 is 0. The first kappa shape index (κ1) is 12.1. The molecule has 0 amide bonds. The van der Waals surface area contributed by atoms with Gasteiger partial charge in [0.15, 0.2) is 11.2 Å². The highest BCUT2D eigenvalue weighted by atomic mass is 16.1. The standard InChI is InChI=1S/C14H12N2O2/c1-2-3-13(17)11-8-16-12-5-4-9(7-15)6-10(12)14(11)18/h4-6,8H,2-3H2,1H3,(H,16,18). The van der Waals surface area contributed by atoms with Crippen LogP contribution in [0.2, 0.25) is 0 Å². The maximum atomic E-state index is 12.2. The number of carbonyl (C=O) groups excluding carboxylic acids is 1. The summed E-state index contributed by atoms with van der Waals surface area (Å²) in [5, 5.41) is 9.21. The molecular weight excluding hydrogens is 228 g/mol. The number of hydrogen-bond acceptors (Lipinski definition) is 3. The Morgan fingerprint density at radius 3 is 2.89 bits per heavy atom. The first-order valence-corrected chi connectivity index (χ1v) is 5.76. The molecule has 0 unspecified atom stereocenters. The van der Waals surface area contributed by atoms with Gasteiger partial charge < -0.3 is 4.98 Å². The van der Waals surface area contributed by atoms with Crippen LogP contribution in [0.25, 0.3) is 10.9 Å². The fraction of sp³-hybridized carbons (Fsp3) is 0.214. The van der Waals surface area contributed by atoms with Gasteiger partial charge in [-0.15, -0.1) is 0 Å². The molecule has 0 saturated carbocycles. The van der Waals surface area contributed by atoms with E-state index in [-0.39, 0.29) is 16.8 Å². The highest BCUT2D eigenvalue weighted by Crippen LogP contribution is 2.11. The topological polar surface area (TPSA) is 73.7 Å². The van der Waals surface area contributed by atoms with Gasteiger partial charge in [0.2, 0.25) is 0 Å². The molecule has 0 atom stereocenters. The second kappa shape index (κ2) is 4.84. The molecule has 0 aliphatic carbocycles. The van der Waals surface area contributed by atoms with Gasteiger partial charge in [0.1, 0.15) is 0 Å². The zero-order valence-electron chi connectivity index (χ0n) is 9.99. The van der Waals surface area contributed by atoms with Crippen molar-refractivity contribution >= 4 is 16.7 Å². The Balaban J connectivity index is 2.67. The molecule has 0 bridgehead atoms. The van der Waals surface area contributed by atoms with Gasteiger partial charge in [-0.2, -0.15) is 5.26 Å². The molecule has 0 aliphatic rings. The molecule has 2 aromatic rings. The summed E-state index contributed by atoms with van der Waals surface area (Å²) in [6.07, 6.45) is 2.51. The third-order valence-electron chi connectivity index (χ3n) is 2.79. The highest BCUT2D eigenvalue weighted by molar-refractivity contribution is 5.98. The Kier molecular flexibility index (Phi) is 3.24. The first-order chi connectivity index (χ1) is 8.67. The van der Waals surface area contributed by atoms with E-state index in [1.54, 1.807) is 12.1 Å². The van der Waals surface area contributed by atoms with Gasteiger partial charge in [0.25, 0.3) is 0 Å². The van der Waals surface area contributed by atoms with Crippen molar-refractivity contribution in [3.63, 3.8) is 0 Å². The summed E-state index contributed by atoms with van der Waals surface area (Å²) in [4.78, 5) is 26.9. The molecule has 1 aromatic carbocycles. The van der Waals surface area contributed by atoms with Gasteiger partial charge in [0.05, 0.1) is 17.2 Å². The Hall–Kier alpha value is -2.41. The van der Waals surface area contributed by atoms with E-state index in [0.717, 1.165) is 0 Å². The Labute approximate surface area is 104 Å². The zero-order chi connectivity index (χ0) is 13.1. The molecule has 0 radical (unpaired) electrons. The molecule has 18 heavy (non-hydrogen) atoms. The SMILES string of the molecule is CCCC(=O)c1c[nH]c2ccc(C#N)cc2c1=O. The maximum Gasteiger partial charge on any atom is 0.200 e. The van der Waals surface area contributed by atoms with Crippen LogP contribution in [-0.2, 0) is 0 Å². The lowest BCUT2D eigenvalue weighted by molar-refractivity contribution is 0.0980. The van der Waals surface area contributed by atoms with Gasteiger partial charge in [-0.1, -0.05) is 6.92 Å². The Morgan fingerprint density at radius 1 is 1.44 bits per heavy atom. The molecule has 90 valence electrons. The second-order valence-corrected chi connectivity index (χ2v) is 4.08. The van der Waals surface area contributed by atoms with Crippen LogP contribution in [0.4, 0.5) is 0 Å². The number of nitrogens with one attached hydrogen (secondary N) is 1. The molecule has 1 N–H and O–H groups in total. The summed E-state index contributed by atoms with van der Waals surface area (Å²) in [7, 11) is 0. The van der Waals surface area contributed by atoms with E-state index in [1.807, 2.05) is 13.0 Å². The molecule has 0 spiro atoms. The molecular formula is C14H12N2O2. The molecule has 0 saturated heterocycles. The number of pyridine rings is 1. The number of aromatic nitrogens is 1. The van der Waals surface area contributed by atoms with Crippen molar-refractivity contribution in [2.45, 2.75) is 19.8 Å². The minimum absolute atomic E-state index is 0.164. The van der Waals surface area contributed by atoms with Gasteiger partial charge >= 0.3 is 0 Å². The quantitative estimate of drug-likeness (QED) is 0.837. The average molecular weight is 240 g/mol. The van der Waals surface area contributed by atoms with Crippen molar-refractivity contribution < 1.29 is 4.79 Å². The number of hydrogen-bond donors (Lipinski definition) is 1. The monoisotopic (exact) mass is 240 g/mol. The number of nitrogens with zero attached hydrogens (tertiary/aromatic N) is 1. The van der Waals surface area contributed by atoms with Crippen molar-refractivity contribution in [1.29, 1.82) is 5.26 Å². The number of H-pyrrole nitrogens is 1. The summed E-state index contributed by atoms with van der Waals surface area (Å²) in [5.41, 5.74) is 0.902. The Morgan fingerprint density at radius 2 is 2.22 bits per heavy atom. The van der Waals surface area contributed by atoms with Crippen LogP contribution >= 0.6 is 0 Å². The van der Waals surface area contributed by atoms with Crippen molar-refractivity contribution in [3.05, 3.63) is 45.7 Å². The van der Waals surface area contributed by atoms with Crippen LogP contribution in [-0.4, -0.2) is 10.8 Å². The van der Waals surface area contributed by atoms with E-state index in [0.29, 0.717) is 29.3 Å². The van der Waals surface area contributed by atoms with E-state index in [1.165, 1.54) is 12.3 Å². The molecule has 1 heterocycles.